The van der Waals surface area contributed by atoms with Crippen LogP contribution in [-0.2, 0) is 0 Å². The van der Waals surface area contributed by atoms with Gasteiger partial charge in [0.1, 0.15) is 17.6 Å². The van der Waals surface area contributed by atoms with Crippen molar-refractivity contribution in [1.82, 2.24) is 0 Å². The summed E-state index contributed by atoms with van der Waals surface area (Å²) >= 11 is 0. The SMILES string of the molecule is O=[N+]([O-])c1ccccc1-c1ccc(C(O)CO)o1. The average molecular weight is 249 g/mol. The minimum Gasteiger partial charge on any atom is -0.458 e. The van der Waals surface area contributed by atoms with Crippen LogP contribution < -0.4 is 0 Å². The van der Waals surface area contributed by atoms with Crippen LogP contribution in [0.15, 0.2) is 40.8 Å². The highest BCUT2D eigenvalue weighted by atomic mass is 16.6. The van der Waals surface area contributed by atoms with Crippen molar-refractivity contribution < 1.29 is 19.6 Å². The molecule has 94 valence electrons. The summed E-state index contributed by atoms with van der Waals surface area (Å²) in [6, 6.07) is 9.16. The number of nitro benzene ring substituents is 1. The lowest BCUT2D eigenvalue weighted by atomic mass is 10.1. The molecule has 2 N–H and O–H groups in total. The predicted octanol–water partition coefficient (Wildman–Crippen LogP) is 1.88. The molecule has 0 aliphatic heterocycles. The zero-order chi connectivity index (χ0) is 13.1. The van der Waals surface area contributed by atoms with Crippen LogP contribution in [0.2, 0.25) is 0 Å². The van der Waals surface area contributed by atoms with Crippen molar-refractivity contribution in [2.24, 2.45) is 0 Å². The molecule has 0 saturated heterocycles. The van der Waals surface area contributed by atoms with Gasteiger partial charge in [-0.3, -0.25) is 10.1 Å². The zero-order valence-electron chi connectivity index (χ0n) is 9.31. The second-order valence-corrected chi connectivity index (χ2v) is 3.67. The molecule has 1 atom stereocenters. The molecule has 2 rings (SSSR count). The van der Waals surface area contributed by atoms with E-state index >= 15 is 0 Å². The normalized spacial score (nSPS) is 12.3. The number of para-hydroxylation sites is 1. The molecule has 0 radical (unpaired) electrons. The molecule has 0 amide bonds. The molecule has 0 aliphatic carbocycles. The Hall–Kier alpha value is -2.18. The van der Waals surface area contributed by atoms with Gasteiger partial charge in [0.25, 0.3) is 5.69 Å². The van der Waals surface area contributed by atoms with Crippen molar-refractivity contribution in [3.05, 3.63) is 52.3 Å². The topological polar surface area (TPSA) is 96.7 Å². The summed E-state index contributed by atoms with van der Waals surface area (Å²) in [6.07, 6.45) is -1.12. The highest BCUT2D eigenvalue weighted by Gasteiger charge is 2.18. The highest BCUT2D eigenvalue weighted by Crippen LogP contribution is 2.32. The fourth-order valence-electron chi connectivity index (χ4n) is 1.61. The van der Waals surface area contributed by atoms with E-state index in [-0.39, 0.29) is 17.2 Å². The van der Waals surface area contributed by atoms with Crippen molar-refractivity contribution in [3.63, 3.8) is 0 Å². The highest BCUT2D eigenvalue weighted by molar-refractivity contribution is 5.69. The first kappa shape index (κ1) is 12.3. The molecule has 1 aromatic carbocycles. The van der Waals surface area contributed by atoms with Gasteiger partial charge in [-0.05, 0) is 18.2 Å². The van der Waals surface area contributed by atoms with E-state index in [4.69, 9.17) is 9.52 Å². The van der Waals surface area contributed by atoms with Gasteiger partial charge in [-0.1, -0.05) is 12.1 Å². The minimum atomic E-state index is -1.12. The Morgan fingerprint density at radius 1 is 1.28 bits per heavy atom. The van der Waals surface area contributed by atoms with Crippen molar-refractivity contribution in [1.29, 1.82) is 0 Å². The summed E-state index contributed by atoms with van der Waals surface area (Å²) in [5.74, 6) is 0.454. The third-order valence-corrected chi connectivity index (χ3v) is 2.49. The molecule has 1 heterocycles. The molecule has 6 heteroatoms. The molecular formula is C12H11NO5. The van der Waals surface area contributed by atoms with E-state index in [1.165, 1.54) is 18.2 Å². The number of benzene rings is 1. The summed E-state index contributed by atoms with van der Waals surface area (Å²) in [5.41, 5.74) is 0.260. The summed E-state index contributed by atoms with van der Waals surface area (Å²) in [5, 5.41) is 29.0. The number of aliphatic hydroxyl groups is 2. The maximum atomic E-state index is 10.9. The lowest BCUT2D eigenvalue weighted by Crippen LogP contribution is -2.00. The monoisotopic (exact) mass is 249 g/mol. The molecular weight excluding hydrogens is 238 g/mol. The fourth-order valence-corrected chi connectivity index (χ4v) is 1.61. The van der Waals surface area contributed by atoms with Crippen LogP contribution in [0.5, 0.6) is 0 Å². The van der Waals surface area contributed by atoms with Crippen LogP contribution >= 0.6 is 0 Å². The minimum absolute atomic E-state index is 0.0723. The second kappa shape index (κ2) is 4.99. The van der Waals surface area contributed by atoms with E-state index in [0.29, 0.717) is 5.56 Å². The molecule has 0 fully saturated rings. The zero-order valence-corrected chi connectivity index (χ0v) is 9.31. The van der Waals surface area contributed by atoms with Gasteiger partial charge >= 0.3 is 0 Å². The van der Waals surface area contributed by atoms with Gasteiger partial charge in [-0.25, -0.2) is 0 Å². The lowest BCUT2D eigenvalue weighted by molar-refractivity contribution is -0.384. The van der Waals surface area contributed by atoms with Crippen molar-refractivity contribution in [3.8, 4) is 11.3 Å². The molecule has 6 nitrogen and oxygen atoms in total. The summed E-state index contributed by atoms with van der Waals surface area (Å²) in [7, 11) is 0. The van der Waals surface area contributed by atoms with Gasteiger partial charge in [0, 0.05) is 6.07 Å². The Morgan fingerprint density at radius 2 is 2.00 bits per heavy atom. The van der Waals surface area contributed by atoms with Gasteiger partial charge in [0.2, 0.25) is 0 Å². The van der Waals surface area contributed by atoms with E-state index < -0.39 is 17.6 Å². The number of hydrogen-bond donors (Lipinski definition) is 2. The largest absolute Gasteiger partial charge is 0.458 e. The van der Waals surface area contributed by atoms with E-state index in [1.54, 1.807) is 18.2 Å². The maximum absolute atomic E-state index is 10.9. The third kappa shape index (κ3) is 2.24. The molecule has 0 aliphatic rings. The van der Waals surface area contributed by atoms with Crippen LogP contribution in [0, 0.1) is 10.1 Å². The van der Waals surface area contributed by atoms with Crippen LogP contribution in [0.3, 0.4) is 0 Å². The van der Waals surface area contributed by atoms with Gasteiger partial charge in [0.15, 0.2) is 0 Å². The van der Waals surface area contributed by atoms with Gasteiger partial charge < -0.3 is 14.6 Å². The first-order valence-corrected chi connectivity index (χ1v) is 5.26. The number of nitro groups is 1. The summed E-state index contributed by atoms with van der Waals surface area (Å²) in [4.78, 5) is 10.4. The number of hydrogen-bond acceptors (Lipinski definition) is 5. The lowest BCUT2D eigenvalue weighted by Gasteiger charge is -2.02. The Balaban J connectivity index is 2.43. The van der Waals surface area contributed by atoms with Crippen molar-refractivity contribution >= 4 is 5.69 Å². The number of furan rings is 1. The molecule has 1 unspecified atom stereocenters. The quantitative estimate of drug-likeness (QED) is 0.637. The Labute approximate surface area is 102 Å². The van der Waals surface area contributed by atoms with Gasteiger partial charge in [0.05, 0.1) is 17.1 Å². The molecule has 0 saturated carbocycles. The van der Waals surface area contributed by atoms with Crippen LogP contribution in [0.25, 0.3) is 11.3 Å². The summed E-state index contributed by atoms with van der Waals surface area (Å²) in [6.45, 7) is -0.468. The Bertz CT molecular complexity index is 563. The number of aliphatic hydroxyl groups excluding tert-OH is 2. The third-order valence-electron chi connectivity index (χ3n) is 2.49. The molecule has 1 aromatic heterocycles. The molecule has 0 bridgehead atoms. The van der Waals surface area contributed by atoms with Crippen molar-refractivity contribution in [2.75, 3.05) is 6.61 Å². The molecule has 18 heavy (non-hydrogen) atoms. The number of nitrogens with zero attached hydrogens (tertiary/aromatic N) is 1. The number of rotatable bonds is 4. The van der Waals surface area contributed by atoms with Crippen LogP contribution in [0.4, 0.5) is 5.69 Å². The van der Waals surface area contributed by atoms with E-state index in [2.05, 4.69) is 0 Å². The van der Waals surface area contributed by atoms with Gasteiger partial charge in [-0.15, -0.1) is 0 Å². The molecule has 0 spiro atoms. The van der Waals surface area contributed by atoms with Crippen LogP contribution in [0.1, 0.15) is 11.9 Å². The Kier molecular flexibility index (Phi) is 3.40. The van der Waals surface area contributed by atoms with Crippen molar-refractivity contribution in [2.45, 2.75) is 6.10 Å². The van der Waals surface area contributed by atoms with Crippen LogP contribution in [-0.4, -0.2) is 21.7 Å². The average Bonchev–Trinajstić information content (AvgIpc) is 2.87. The summed E-state index contributed by atoms with van der Waals surface area (Å²) < 4.78 is 5.30. The molecule has 2 aromatic rings. The second-order valence-electron chi connectivity index (χ2n) is 3.67. The first-order chi connectivity index (χ1) is 8.63. The van der Waals surface area contributed by atoms with E-state index in [1.807, 2.05) is 0 Å². The smallest absolute Gasteiger partial charge is 0.280 e. The predicted molar refractivity (Wildman–Crippen MR) is 62.8 cm³/mol. The van der Waals surface area contributed by atoms with E-state index in [0.717, 1.165) is 0 Å². The standard InChI is InChI=1S/C12H11NO5/c14-7-10(15)12-6-5-11(18-12)8-3-1-2-4-9(8)13(16)17/h1-6,10,14-15H,7H2. The van der Waals surface area contributed by atoms with Gasteiger partial charge in [-0.2, -0.15) is 0 Å². The Morgan fingerprint density at radius 3 is 2.67 bits per heavy atom. The first-order valence-electron chi connectivity index (χ1n) is 5.26. The van der Waals surface area contributed by atoms with E-state index in [9.17, 15) is 15.2 Å². The maximum Gasteiger partial charge on any atom is 0.280 e. The fraction of sp³-hybridized carbons (Fsp3) is 0.167.